The molecule has 0 unspecified atom stereocenters. The summed E-state index contributed by atoms with van der Waals surface area (Å²) in [7, 11) is 0. The molecule has 4 heteroatoms. The molecule has 0 saturated carbocycles. The van der Waals surface area contributed by atoms with Gasteiger partial charge in [-0.3, -0.25) is 0 Å². The quantitative estimate of drug-likeness (QED) is 0.736. The summed E-state index contributed by atoms with van der Waals surface area (Å²) in [4.78, 5) is 0. The number of aliphatic hydroxyl groups excluding tert-OH is 1. The monoisotopic (exact) mass is 216 g/mol. The summed E-state index contributed by atoms with van der Waals surface area (Å²) in [5.74, 6) is 0.727. The minimum absolute atomic E-state index is 0.0389. The van der Waals surface area contributed by atoms with Crippen molar-refractivity contribution in [2.24, 2.45) is 0 Å². The fraction of sp³-hybridized carbons (Fsp3) is 0.400. The SMILES string of the molecule is OCCOCCOc1cccc(Cl)c1. The summed E-state index contributed by atoms with van der Waals surface area (Å²) in [6.45, 7) is 1.31. The third kappa shape index (κ3) is 4.46. The van der Waals surface area contributed by atoms with E-state index in [1.807, 2.05) is 12.1 Å². The predicted molar refractivity (Wildman–Crippen MR) is 54.9 cm³/mol. The van der Waals surface area contributed by atoms with E-state index in [2.05, 4.69) is 0 Å². The summed E-state index contributed by atoms with van der Waals surface area (Å²) >= 11 is 5.76. The first kappa shape index (κ1) is 11.3. The molecule has 1 aromatic carbocycles. The number of rotatable bonds is 6. The van der Waals surface area contributed by atoms with E-state index in [4.69, 9.17) is 26.2 Å². The normalized spacial score (nSPS) is 10.1. The average Bonchev–Trinajstić information content (AvgIpc) is 2.18. The standard InChI is InChI=1S/C10H13ClO3/c11-9-2-1-3-10(8-9)14-7-6-13-5-4-12/h1-3,8,12H,4-7H2. The van der Waals surface area contributed by atoms with Gasteiger partial charge in [0.05, 0.1) is 19.8 Å². The molecule has 0 saturated heterocycles. The average molecular weight is 217 g/mol. The maximum Gasteiger partial charge on any atom is 0.120 e. The molecule has 0 fully saturated rings. The van der Waals surface area contributed by atoms with E-state index in [-0.39, 0.29) is 6.61 Å². The molecule has 0 spiro atoms. The Morgan fingerprint density at radius 1 is 1.21 bits per heavy atom. The van der Waals surface area contributed by atoms with E-state index in [1.165, 1.54) is 0 Å². The van der Waals surface area contributed by atoms with E-state index in [1.54, 1.807) is 12.1 Å². The number of hydrogen-bond acceptors (Lipinski definition) is 3. The van der Waals surface area contributed by atoms with Crippen LogP contribution in [0.15, 0.2) is 24.3 Å². The molecule has 3 nitrogen and oxygen atoms in total. The van der Waals surface area contributed by atoms with Crippen molar-refractivity contribution >= 4 is 11.6 Å². The molecule has 0 heterocycles. The van der Waals surface area contributed by atoms with Gasteiger partial charge in [0.1, 0.15) is 12.4 Å². The first-order valence-corrected chi connectivity index (χ1v) is 4.77. The van der Waals surface area contributed by atoms with E-state index in [9.17, 15) is 0 Å². The van der Waals surface area contributed by atoms with E-state index in [0.717, 1.165) is 5.75 Å². The first-order chi connectivity index (χ1) is 6.83. The summed E-state index contributed by atoms with van der Waals surface area (Å²) in [6.07, 6.45) is 0. The van der Waals surface area contributed by atoms with Crippen molar-refractivity contribution in [3.8, 4) is 5.75 Å². The number of hydrogen-bond donors (Lipinski definition) is 1. The molecular weight excluding hydrogens is 204 g/mol. The Morgan fingerprint density at radius 3 is 2.79 bits per heavy atom. The lowest BCUT2D eigenvalue weighted by Gasteiger charge is -2.06. The van der Waals surface area contributed by atoms with Crippen LogP contribution in [0.5, 0.6) is 5.75 Å². The van der Waals surface area contributed by atoms with Crippen molar-refractivity contribution in [1.82, 2.24) is 0 Å². The minimum Gasteiger partial charge on any atom is -0.491 e. The summed E-state index contributed by atoms with van der Waals surface area (Å²) in [5, 5.41) is 9.09. The van der Waals surface area contributed by atoms with Gasteiger partial charge in [-0.2, -0.15) is 0 Å². The molecule has 14 heavy (non-hydrogen) atoms. The molecule has 0 atom stereocenters. The second-order valence-electron chi connectivity index (χ2n) is 2.64. The van der Waals surface area contributed by atoms with Crippen LogP contribution in [0.4, 0.5) is 0 Å². The van der Waals surface area contributed by atoms with E-state index < -0.39 is 0 Å². The maximum atomic E-state index is 8.44. The van der Waals surface area contributed by atoms with Gasteiger partial charge in [-0.15, -0.1) is 0 Å². The largest absolute Gasteiger partial charge is 0.491 e. The van der Waals surface area contributed by atoms with Crippen LogP contribution in [0.1, 0.15) is 0 Å². The second kappa shape index (κ2) is 6.65. The van der Waals surface area contributed by atoms with Crippen LogP contribution in [0.2, 0.25) is 5.02 Å². The van der Waals surface area contributed by atoms with Crippen molar-refractivity contribution in [2.75, 3.05) is 26.4 Å². The lowest BCUT2D eigenvalue weighted by Crippen LogP contribution is -2.08. The lowest BCUT2D eigenvalue weighted by molar-refractivity contribution is 0.0705. The zero-order valence-electron chi connectivity index (χ0n) is 7.78. The van der Waals surface area contributed by atoms with Gasteiger partial charge in [-0.05, 0) is 18.2 Å². The van der Waals surface area contributed by atoms with Gasteiger partial charge in [-0.25, -0.2) is 0 Å². The van der Waals surface area contributed by atoms with Gasteiger partial charge in [0, 0.05) is 5.02 Å². The summed E-state index contributed by atoms with van der Waals surface area (Å²) < 4.78 is 10.4. The Labute approximate surface area is 88.2 Å². The zero-order valence-corrected chi connectivity index (χ0v) is 8.54. The highest BCUT2D eigenvalue weighted by molar-refractivity contribution is 6.30. The molecule has 78 valence electrons. The maximum absolute atomic E-state index is 8.44. The Kier molecular flexibility index (Phi) is 5.37. The number of ether oxygens (including phenoxy) is 2. The first-order valence-electron chi connectivity index (χ1n) is 4.40. The van der Waals surface area contributed by atoms with Gasteiger partial charge in [-0.1, -0.05) is 17.7 Å². The summed E-state index contributed by atoms with van der Waals surface area (Å²) in [6, 6.07) is 7.19. The summed E-state index contributed by atoms with van der Waals surface area (Å²) in [5.41, 5.74) is 0. The topological polar surface area (TPSA) is 38.7 Å². The van der Waals surface area contributed by atoms with Gasteiger partial charge in [0.2, 0.25) is 0 Å². The van der Waals surface area contributed by atoms with Gasteiger partial charge in [0.15, 0.2) is 0 Å². The van der Waals surface area contributed by atoms with Gasteiger partial charge >= 0.3 is 0 Å². The van der Waals surface area contributed by atoms with Crippen LogP contribution in [0, 0.1) is 0 Å². The van der Waals surface area contributed by atoms with Crippen molar-refractivity contribution in [2.45, 2.75) is 0 Å². The Balaban J connectivity index is 2.18. The van der Waals surface area contributed by atoms with Crippen LogP contribution in [0.25, 0.3) is 0 Å². The number of aliphatic hydroxyl groups is 1. The molecule has 0 bridgehead atoms. The zero-order chi connectivity index (χ0) is 10.2. The van der Waals surface area contributed by atoms with E-state index in [0.29, 0.717) is 24.8 Å². The molecule has 1 N–H and O–H groups in total. The van der Waals surface area contributed by atoms with Crippen molar-refractivity contribution in [3.63, 3.8) is 0 Å². The van der Waals surface area contributed by atoms with Crippen molar-refractivity contribution in [1.29, 1.82) is 0 Å². The van der Waals surface area contributed by atoms with Gasteiger partial charge in [0.25, 0.3) is 0 Å². The van der Waals surface area contributed by atoms with E-state index >= 15 is 0 Å². The molecule has 1 aromatic rings. The smallest absolute Gasteiger partial charge is 0.120 e. The molecular formula is C10H13ClO3. The molecule has 0 aromatic heterocycles. The van der Waals surface area contributed by atoms with Crippen LogP contribution >= 0.6 is 11.6 Å². The van der Waals surface area contributed by atoms with Gasteiger partial charge < -0.3 is 14.6 Å². The third-order valence-electron chi connectivity index (χ3n) is 1.53. The molecule has 0 radical (unpaired) electrons. The number of benzene rings is 1. The Morgan fingerprint density at radius 2 is 2.07 bits per heavy atom. The molecule has 1 rings (SSSR count). The predicted octanol–water partition coefficient (Wildman–Crippen LogP) is 1.73. The highest BCUT2D eigenvalue weighted by Crippen LogP contribution is 2.16. The minimum atomic E-state index is 0.0389. The third-order valence-corrected chi connectivity index (χ3v) is 1.76. The number of halogens is 1. The highest BCUT2D eigenvalue weighted by atomic mass is 35.5. The Bertz CT molecular complexity index is 265. The van der Waals surface area contributed by atoms with Crippen LogP contribution in [-0.4, -0.2) is 31.5 Å². The Hall–Kier alpha value is -0.770. The second-order valence-corrected chi connectivity index (χ2v) is 3.08. The lowest BCUT2D eigenvalue weighted by atomic mass is 10.3. The highest BCUT2D eigenvalue weighted by Gasteiger charge is 1.94. The van der Waals surface area contributed by atoms with Crippen molar-refractivity contribution in [3.05, 3.63) is 29.3 Å². The molecule has 0 aliphatic rings. The molecule has 0 aliphatic heterocycles. The van der Waals surface area contributed by atoms with Crippen LogP contribution < -0.4 is 4.74 Å². The van der Waals surface area contributed by atoms with Crippen LogP contribution in [0.3, 0.4) is 0 Å². The fourth-order valence-electron chi connectivity index (χ4n) is 0.942. The van der Waals surface area contributed by atoms with Crippen LogP contribution in [-0.2, 0) is 4.74 Å². The molecule has 0 aliphatic carbocycles. The molecule has 0 amide bonds. The fourth-order valence-corrected chi connectivity index (χ4v) is 1.12. The van der Waals surface area contributed by atoms with Crippen molar-refractivity contribution < 1.29 is 14.6 Å².